The van der Waals surface area contributed by atoms with Crippen LogP contribution >= 0.6 is 22.7 Å². The van der Waals surface area contributed by atoms with Crippen molar-refractivity contribution < 1.29 is 0 Å². The molecule has 0 saturated carbocycles. The van der Waals surface area contributed by atoms with Crippen LogP contribution in [0, 0.1) is 0 Å². The zero-order chi connectivity index (χ0) is 36.3. The fraction of sp³-hybridized carbons (Fsp3) is 0. The summed E-state index contributed by atoms with van der Waals surface area (Å²) in [7, 11) is 0. The SMILES string of the molecule is c1cc(-c2cccc(N(c3ccc4c(c3)sc3ccccc34)c3ccccc3-c3cccc4ccccc34)c2)cc(-c2cccc3c2sc2ccccc23)c1. The first kappa shape index (κ1) is 32.0. The van der Waals surface area contributed by atoms with Gasteiger partial charge in [0.1, 0.15) is 0 Å². The van der Waals surface area contributed by atoms with Crippen molar-refractivity contribution in [1.29, 1.82) is 0 Å². The van der Waals surface area contributed by atoms with Crippen molar-refractivity contribution in [3.8, 4) is 33.4 Å². The minimum atomic E-state index is 1.11. The van der Waals surface area contributed by atoms with Crippen molar-refractivity contribution in [2.45, 2.75) is 0 Å². The van der Waals surface area contributed by atoms with E-state index >= 15 is 0 Å². The van der Waals surface area contributed by atoms with Crippen LogP contribution in [0.2, 0.25) is 0 Å². The molecule has 0 aliphatic rings. The summed E-state index contributed by atoms with van der Waals surface area (Å²) in [4.78, 5) is 2.45. The van der Waals surface area contributed by atoms with Crippen LogP contribution in [0.25, 0.3) is 84.5 Å². The quantitative estimate of drug-likeness (QED) is 0.164. The van der Waals surface area contributed by atoms with E-state index in [2.05, 4.69) is 205 Å². The molecule has 0 aliphatic heterocycles. The molecule has 9 aromatic carbocycles. The van der Waals surface area contributed by atoms with Gasteiger partial charge in [-0.15, -0.1) is 22.7 Å². The number of nitrogens with zero attached hydrogens (tertiary/aromatic N) is 1. The average molecular weight is 736 g/mol. The first-order chi connectivity index (χ1) is 27.3. The summed E-state index contributed by atoms with van der Waals surface area (Å²) in [5, 5.41) is 7.74. The maximum Gasteiger partial charge on any atom is 0.0540 e. The lowest BCUT2D eigenvalue weighted by Gasteiger charge is -2.28. The number of anilines is 3. The molecule has 2 heterocycles. The highest BCUT2D eigenvalue weighted by atomic mass is 32.1. The number of rotatable bonds is 6. The Balaban J connectivity index is 1.09. The Morgan fingerprint density at radius 3 is 1.76 bits per heavy atom. The summed E-state index contributed by atoms with van der Waals surface area (Å²) in [6.07, 6.45) is 0. The van der Waals surface area contributed by atoms with Gasteiger partial charge in [-0.1, -0.05) is 152 Å². The minimum Gasteiger partial charge on any atom is -0.310 e. The van der Waals surface area contributed by atoms with Crippen LogP contribution in [0.3, 0.4) is 0 Å². The van der Waals surface area contributed by atoms with Gasteiger partial charge < -0.3 is 4.90 Å². The van der Waals surface area contributed by atoms with Crippen molar-refractivity contribution in [2.24, 2.45) is 0 Å². The summed E-state index contributed by atoms with van der Waals surface area (Å²) < 4.78 is 5.25. The van der Waals surface area contributed by atoms with E-state index in [1.54, 1.807) is 0 Å². The Morgan fingerprint density at radius 1 is 0.309 bits per heavy atom. The molecule has 0 fully saturated rings. The van der Waals surface area contributed by atoms with Crippen molar-refractivity contribution in [3.05, 3.63) is 200 Å². The second-order valence-electron chi connectivity index (χ2n) is 14.1. The molecule has 11 aromatic rings. The average Bonchev–Trinajstić information content (AvgIpc) is 3.82. The van der Waals surface area contributed by atoms with E-state index in [9.17, 15) is 0 Å². The molecule has 0 saturated heterocycles. The van der Waals surface area contributed by atoms with Crippen molar-refractivity contribution in [2.75, 3.05) is 4.90 Å². The van der Waals surface area contributed by atoms with E-state index in [1.807, 2.05) is 22.7 Å². The number of hydrogen-bond donors (Lipinski definition) is 0. The van der Waals surface area contributed by atoms with Crippen LogP contribution in [-0.4, -0.2) is 0 Å². The largest absolute Gasteiger partial charge is 0.310 e. The molecule has 0 bridgehead atoms. The smallest absolute Gasteiger partial charge is 0.0540 e. The van der Waals surface area contributed by atoms with Crippen LogP contribution in [-0.2, 0) is 0 Å². The molecule has 1 nitrogen and oxygen atoms in total. The molecule has 0 radical (unpaired) electrons. The molecule has 11 rings (SSSR count). The number of benzene rings is 9. The van der Waals surface area contributed by atoms with E-state index in [0.717, 1.165) is 17.1 Å². The topological polar surface area (TPSA) is 3.24 Å². The summed E-state index contributed by atoms with van der Waals surface area (Å²) in [5.74, 6) is 0. The molecule has 0 aliphatic carbocycles. The Labute approximate surface area is 327 Å². The van der Waals surface area contributed by atoms with Crippen molar-refractivity contribution in [1.82, 2.24) is 0 Å². The summed E-state index contributed by atoms with van der Waals surface area (Å²) in [6, 6.07) is 73.5. The minimum absolute atomic E-state index is 1.11. The van der Waals surface area contributed by atoms with Gasteiger partial charge in [0.05, 0.1) is 5.69 Å². The molecular formula is C52H33NS2. The molecule has 258 valence electrons. The molecule has 0 N–H and O–H groups in total. The molecule has 2 aromatic heterocycles. The van der Waals surface area contributed by atoms with Gasteiger partial charge in [-0.2, -0.15) is 0 Å². The van der Waals surface area contributed by atoms with E-state index in [0.29, 0.717) is 0 Å². The lowest BCUT2D eigenvalue weighted by Crippen LogP contribution is -2.11. The summed E-state index contributed by atoms with van der Waals surface area (Å²) in [6.45, 7) is 0. The lowest BCUT2D eigenvalue weighted by atomic mass is 9.95. The molecule has 0 unspecified atom stereocenters. The number of thiophene rings is 2. The number of para-hydroxylation sites is 1. The zero-order valence-corrected chi connectivity index (χ0v) is 31.4. The molecule has 3 heteroatoms. The highest BCUT2D eigenvalue weighted by Gasteiger charge is 2.20. The zero-order valence-electron chi connectivity index (χ0n) is 29.8. The Hall–Kier alpha value is -6.52. The van der Waals surface area contributed by atoms with Crippen molar-refractivity contribution >= 4 is 90.9 Å². The van der Waals surface area contributed by atoms with Gasteiger partial charge in [-0.3, -0.25) is 0 Å². The maximum atomic E-state index is 2.45. The van der Waals surface area contributed by atoms with Crippen molar-refractivity contribution in [3.63, 3.8) is 0 Å². The fourth-order valence-electron chi connectivity index (χ4n) is 8.30. The lowest BCUT2D eigenvalue weighted by molar-refractivity contribution is 1.29. The molecule has 0 spiro atoms. The van der Waals surface area contributed by atoms with E-state index in [4.69, 9.17) is 0 Å². The van der Waals surface area contributed by atoms with E-state index in [1.165, 1.54) is 84.5 Å². The fourth-order valence-corrected chi connectivity index (χ4v) is 10.7. The molecule has 0 atom stereocenters. The van der Waals surface area contributed by atoms with Gasteiger partial charge in [-0.05, 0) is 87.1 Å². The third-order valence-electron chi connectivity index (χ3n) is 10.9. The van der Waals surface area contributed by atoms with Crippen LogP contribution in [0.1, 0.15) is 0 Å². The van der Waals surface area contributed by atoms with E-state index in [-0.39, 0.29) is 0 Å². The van der Waals surface area contributed by atoms with Gasteiger partial charge >= 0.3 is 0 Å². The highest BCUT2D eigenvalue weighted by Crippen LogP contribution is 2.46. The summed E-state index contributed by atoms with van der Waals surface area (Å²) in [5.41, 5.74) is 10.7. The van der Waals surface area contributed by atoms with Crippen LogP contribution < -0.4 is 4.90 Å². The predicted molar refractivity (Wildman–Crippen MR) is 241 cm³/mol. The maximum absolute atomic E-state index is 2.45. The Kier molecular flexibility index (Phi) is 7.61. The van der Waals surface area contributed by atoms with Crippen LogP contribution in [0.15, 0.2) is 200 Å². The van der Waals surface area contributed by atoms with Gasteiger partial charge in [0.2, 0.25) is 0 Å². The van der Waals surface area contributed by atoms with Gasteiger partial charge in [0.25, 0.3) is 0 Å². The third-order valence-corrected chi connectivity index (χ3v) is 13.2. The van der Waals surface area contributed by atoms with Gasteiger partial charge in [0.15, 0.2) is 0 Å². The highest BCUT2D eigenvalue weighted by molar-refractivity contribution is 7.26. The molecule has 0 amide bonds. The molecule has 55 heavy (non-hydrogen) atoms. The summed E-state index contributed by atoms with van der Waals surface area (Å²) >= 11 is 3.74. The number of hydrogen-bond acceptors (Lipinski definition) is 3. The van der Waals surface area contributed by atoms with Gasteiger partial charge in [0, 0.05) is 57.3 Å². The number of fused-ring (bicyclic) bond motifs is 7. The third kappa shape index (κ3) is 5.43. The van der Waals surface area contributed by atoms with Gasteiger partial charge in [-0.25, -0.2) is 0 Å². The Morgan fingerprint density at radius 2 is 0.873 bits per heavy atom. The molecular weight excluding hydrogens is 703 g/mol. The van der Waals surface area contributed by atoms with Crippen LogP contribution in [0.4, 0.5) is 17.1 Å². The monoisotopic (exact) mass is 735 g/mol. The van der Waals surface area contributed by atoms with Crippen LogP contribution in [0.5, 0.6) is 0 Å². The van der Waals surface area contributed by atoms with E-state index < -0.39 is 0 Å². The Bertz CT molecular complexity index is 3230. The second kappa shape index (κ2) is 13.1. The second-order valence-corrected chi connectivity index (χ2v) is 16.2. The first-order valence-corrected chi connectivity index (χ1v) is 20.3. The standard InChI is InChI=1S/C52H33NS2/c1-2-19-40-34(13-1)14-11-24-42(40)43-20-3-6-26-48(43)53(39-29-30-46-44-21-4-7-27-49(44)54-51(46)33-39)38-18-10-16-36(32-38)35-15-9-17-37(31-35)41-23-12-25-47-45-22-5-8-28-50(45)55-52(41)47/h1-33H. The normalized spacial score (nSPS) is 11.6. The predicted octanol–water partition coefficient (Wildman–Crippen LogP) is 16.0. The first-order valence-electron chi connectivity index (χ1n) is 18.7.